The van der Waals surface area contributed by atoms with Gasteiger partial charge in [-0.3, -0.25) is 0 Å². The maximum atomic E-state index is 14.2. The summed E-state index contributed by atoms with van der Waals surface area (Å²) in [6.45, 7) is 8.92. The van der Waals surface area contributed by atoms with Gasteiger partial charge in [-0.1, -0.05) is 38.1 Å². The van der Waals surface area contributed by atoms with E-state index in [-0.39, 0.29) is 5.82 Å². The zero-order chi connectivity index (χ0) is 14.7. The Balaban J connectivity index is 2.36. The highest BCUT2D eigenvalue weighted by Gasteiger charge is 2.10. The first-order valence-corrected chi connectivity index (χ1v) is 7.07. The Morgan fingerprint density at radius 3 is 2.50 bits per heavy atom. The molecule has 0 unspecified atom stereocenters. The van der Waals surface area contributed by atoms with Crippen LogP contribution >= 0.6 is 0 Å². The highest BCUT2D eigenvalue weighted by Crippen LogP contribution is 2.28. The lowest BCUT2D eigenvalue weighted by Gasteiger charge is -2.12. The molecule has 2 aromatic rings. The van der Waals surface area contributed by atoms with E-state index >= 15 is 0 Å². The molecular formula is C18H22FN. The second-order valence-corrected chi connectivity index (χ2v) is 5.67. The van der Waals surface area contributed by atoms with Gasteiger partial charge in [-0.2, -0.15) is 0 Å². The monoisotopic (exact) mass is 271 g/mol. The normalized spacial score (nSPS) is 11.1. The van der Waals surface area contributed by atoms with Gasteiger partial charge in [0.05, 0.1) is 0 Å². The lowest BCUT2D eigenvalue weighted by atomic mass is 9.96. The molecule has 0 atom stereocenters. The third-order valence-electron chi connectivity index (χ3n) is 3.36. The van der Waals surface area contributed by atoms with Crippen molar-refractivity contribution >= 4 is 0 Å². The minimum absolute atomic E-state index is 0.142. The lowest BCUT2D eigenvalue weighted by molar-refractivity contribution is 0.589. The predicted octanol–water partition coefficient (Wildman–Crippen LogP) is 4.61. The van der Waals surface area contributed by atoms with Crippen molar-refractivity contribution in [1.29, 1.82) is 0 Å². The van der Waals surface area contributed by atoms with Gasteiger partial charge in [0.1, 0.15) is 5.82 Å². The van der Waals surface area contributed by atoms with Gasteiger partial charge in [-0.15, -0.1) is 0 Å². The third-order valence-corrected chi connectivity index (χ3v) is 3.36. The van der Waals surface area contributed by atoms with Gasteiger partial charge in [0.2, 0.25) is 0 Å². The summed E-state index contributed by atoms with van der Waals surface area (Å²) in [6.07, 6.45) is 0. The summed E-state index contributed by atoms with van der Waals surface area (Å²) in [5, 5.41) is 3.39. The van der Waals surface area contributed by atoms with E-state index in [0.29, 0.717) is 11.6 Å². The van der Waals surface area contributed by atoms with Gasteiger partial charge in [-0.25, -0.2) is 4.39 Å². The summed E-state index contributed by atoms with van der Waals surface area (Å²) in [6, 6.07) is 12.2. The molecule has 0 heterocycles. The molecule has 0 saturated heterocycles. The fraction of sp³-hybridized carbons (Fsp3) is 0.333. The highest BCUT2D eigenvalue weighted by molar-refractivity contribution is 5.69. The van der Waals surface area contributed by atoms with Crippen molar-refractivity contribution in [1.82, 2.24) is 5.32 Å². The van der Waals surface area contributed by atoms with E-state index < -0.39 is 0 Å². The van der Waals surface area contributed by atoms with Gasteiger partial charge >= 0.3 is 0 Å². The summed E-state index contributed by atoms with van der Waals surface area (Å²) in [4.78, 5) is 0. The van der Waals surface area contributed by atoms with Crippen LogP contribution in [0.2, 0.25) is 0 Å². The zero-order valence-electron chi connectivity index (χ0n) is 12.6. The summed E-state index contributed by atoms with van der Waals surface area (Å²) in [5.41, 5.74) is 4.78. The Morgan fingerprint density at radius 2 is 1.85 bits per heavy atom. The molecule has 2 heteroatoms. The molecule has 0 amide bonds. The van der Waals surface area contributed by atoms with Crippen molar-refractivity contribution in [3.8, 4) is 11.1 Å². The Bertz CT molecular complexity index is 579. The number of rotatable bonds is 4. The van der Waals surface area contributed by atoms with Gasteiger partial charge in [0, 0.05) is 18.2 Å². The molecule has 0 aliphatic heterocycles. The van der Waals surface area contributed by atoms with Gasteiger partial charge in [-0.05, 0) is 48.2 Å². The summed E-state index contributed by atoms with van der Waals surface area (Å²) < 4.78 is 14.2. The number of nitrogens with one attached hydrogen (secondary N) is 1. The first-order valence-electron chi connectivity index (χ1n) is 7.07. The standard InChI is InChI=1S/C18H22FN/c1-12(2)20-11-15-6-5-7-16(10-15)18-14(4)8-13(3)9-17(18)19/h5-10,12,20H,11H2,1-4H3. The van der Waals surface area contributed by atoms with Crippen molar-refractivity contribution in [2.45, 2.75) is 40.3 Å². The number of hydrogen-bond acceptors (Lipinski definition) is 1. The molecule has 1 nitrogen and oxygen atoms in total. The van der Waals surface area contributed by atoms with E-state index in [9.17, 15) is 4.39 Å². The van der Waals surface area contributed by atoms with Gasteiger partial charge in [0.15, 0.2) is 0 Å². The van der Waals surface area contributed by atoms with Crippen LogP contribution in [0.3, 0.4) is 0 Å². The molecular weight excluding hydrogens is 249 g/mol. The van der Waals surface area contributed by atoms with E-state index in [2.05, 4.69) is 31.3 Å². The second-order valence-electron chi connectivity index (χ2n) is 5.67. The van der Waals surface area contributed by atoms with Crippen LogP contribution in [0.25, 0.3) is 11.1 Å². The highest BCUT2D eigenvalue weighted by atomic mass is 19.1. The van der Waals surface area contributed by atoms with E-state index in [0.717, 1.165) is 23.2 Å². The van der Waals surface area contributed by atoms with Crippen LogP contribution in [0.4, 0.5) is 4.39 Å². The van der Waals surface area contributed by atoms with E-state index in [1.54, 1.807) is 6.07 Å². The fourth-order valence-electron chi connectivity index (χ4n) is 2.44. The SMILES string of the molecule is Cc1cc(C)c(-c2cccc(CNC(C)C)c2)c(F)c1. The Hall–Kier alpha value is -1.67. The Labute approximate surface area is 120 Å². The van der Waals surface area contributed by atoms with E-state index in [1.165, 1.54) is 5.56 Å². The minimum atomic E-state index is -0.142. The van der Waals surface area contributed by atoms with E-state index in [4.69, 9.17) is 0 Å². The lowest BCUT2D eigenvalue weighted by Crippen LogP contribution is -2.21. The molecule has 1 N–H and O–H groups in total. The van der Waals surface area contributed by atoms with Gasteiger partial charge in [0.25, 0.3) is 0 Å². The number of benzene rings is 2. The average Bonchev–Trinajstić information content (AvgIpc) is 2.35. The first-order chi connectivity index (χ1) is 9.47. The molecule has 0 radical (unpaired) electrons. The molecule has 2 rings (SSSR count). The molecule has 0 spiro atoms. The summed E-state index contributed by atoms with van der Waals surface area (Å²) in [5.74, 6) is -0.142. The summed E-state index contributed by atoms with van der Waals surface area (Å²) >= 11 is 0. The van der Waals surface area contributed by atoms with Crippen LogP contribution in [-0.4, -0.2) is 6.04 Å². The van der Waals surface area contributed by atoms with Crippen LogP contribution in [0, 0.1) is 19.7 Å². The number of hydrogen-bond donors (Lipinski definition) is 1. The van der Waals surface area contributed by atoms with Crippen molar-refractivity contribution in [2.24, 2.45) is 0 Å². The fourth-order valence-corrected chi connectivity index (χ4v) is 2.44. The van der Waals surface area contributed by atoms with Crippen LogP contribution in [0.1, 0.15) is 30.5 Å². The minimum Gasteiger partial charge on any atom is -0.310 e. The Kier molecular flexibility index (Phi) is 4.56. The molecule has 0 bridgehead atoms. The topological polar surface area (TPSA) is 12.0 Å². The molecule has 0 aliphatic carbocycles. The molecule has 0 fully saturated rings. The largest absolute Gasteiger partial charge is 0.310 e. The van der Waals surface area contributed by atoms with E-state index in [1.807, 2.05) is 32.0 Å². The van der Waals surface area contributed by atoms with Crippen molar-refractivity contribution in [3.63, 3.8) is 0 Å². The Morgan fingerprint density at radius 1 is 1.10 bits per heavy atom. The van der Waals surface area contributed by atoms with Crippen molar-refractivity contribution < 1.29 is 4.39 Å². The number of halogens is 1. The average molecular weight is 271 g/mol. The maximum absolute atomic E-state index is 14.2. The quantitative estimate of drug-likeness (QED) is 0.856. The molecule has 2 aromatic carbocycles. The van der Waals surface area contributed by atoms with Crippen LogP contribution < -0.4 is 5.32 Å². The third kappa shape index (κ3) is 3.45. The number of aryl methyl sites for hydroxylation is 2. The van der Waals surface area contributed by atoms with Crippen LogP contribution in [0.5, 0.6) is 0 Å². The molecule has 0 aromatic heterocycles. The van der Waals surface area contributed by atoms with Crippen LogP contribution in [-0.2, 0) is 6.54 Å². The molecule has 20 heavy (non-hydrogen) atoms. The smallest absolute Gasteiger partial charge is 0.131 e. The van der Waals surface area contributed by atoms with Gasteiger partial charge < -0.3 is 5.32 Å². The molecule has 106 valence electrons. The summed E-state index contributed by atoms with van der Waals surface area (Å²) in [7, 11) is 0. The van der Waals surface area contributed by atoms with Crippen molar-refractivity contribution in [2.75, 3.05) is 0 Å². The predicted molar refractivity (Wildman–Crippen MR) is 83.3 cm³/mol. The van der Waals surface area contributed by atoms with Crippen LogP contribution in [0.15, 0.2) is 36.4 Å². The van der Waals surface area contributed by atoms with Crippen molar-refractivity contribution in [3.05, 3.63) is 58.9 Å². The second kappa shape index (κ2) is 6.19. The molecule has 0 saturated carbocycles. The maximum Gasteiger partial charge on any atom is 0.131 e. The molecule has 0 aliphatic rings. The zero-order valence-corrected chi connectivity index (χ0v) is 12.6. The first kappa shape index (κ1) is 14.7.